The van der Waals surface area contributed by atoms with Crippen molar-refractivity contribution in [2.24, 2.45) is 0 Å². The van der Waals surface area contributed by atoms with Crippen LogP contribution in [0.2, 0.25) is 0 Å². The molecule has 7 heteroatoms. The molecule has 1 amide bonds. The van der Waals surface area contributed by atoms with Gasteiger partial charge >= 0.3 is 0 Å². The number of hydrogen-bond donors (Lipinski definition) is 1. The van der Waals surface area contributed by atoms with Crippen molar-refractivity contribution in [2.75, 3.05) is 26.3 Å². The third-order valence-electron chi connectivity index (χ3n) is 8.26. The number of aliphatic hydroxyl groups excluding tert-OH is 1. The smallest absolute Gasteiger partial charge is 0.225 e. The largest absolute Gasteiger partial charge is 0.457 e. The molecule has 210 valence electrons. The van der Waals surface area contributed by atoms with Crippen molar-refractivity contribution in [3.05, 3.63) is 95.6 Å². The molecule has 3 aliphatic heterocycles. The number of nitrogens with zero attached hydrogens (tertiary/aromatic N) is 2. The van der Waals surface area contributed by atoms with Crippen molar-refractivity contribution in [1.29, 1.82) is 0 Å². The Kier molecular flexibility index (Phi) is 8.44. The van der Waals surface area contributed by atoms with Crippen LogP contribution in [0, 0.1) is 0 Å². The van der Waals surface area contributed by atoms with Gasteiger partial charge in [0, 0.05) is 32.2 Å². The summed E-state index contributed by atoms with van der Waals surface area (Å²) in [5.41, 5.74) is 3.74. The third kappa shape index (κ3) is 6.56. The van der Waals surface area contributed by atoms with Crippen LogP contribution < -0.4 is 4.74 Å². The van der Waals surface area contributed by atoms with E-state index < -0.39 is 6.10 Å². The van der Waals surface area contributed by atoms with Crippen LogP contribution in [-0.2, 0) is 33.8 Å². The lowest BCUT2D eigenvalue weighted by Crippen LogP contribution is -2.55. The Morgan fingerprint density at radius 1 is 0.900 bits per heavy atom. The molecular formula is C33H38N2O5. The molecule has 0 radical (unpaired) electrons. The zero-order chi connectivity index (χ0) is 27.3. The van der Waals surface area contributed by atoms with Gasteiger partial charge in [0.25, 0.3) is 0 Å². The van der Waals surface area contributed by atoms with Gasteiger partial charge in [-0.05, 0) is 60.2 Å². The first-order valence-electron chi connectivity index (χ1n) is 14.4. The predicted molar refractivity (Wildman–Crippen MR) is 152 cm³/mol. The van der Waals surface area contributed by atoms with Crippen molar-refractivity contribution >= 4 is 5.91 Å². The molecule has 7 nitrogen and oxygen atoms in total. The van der Waals surface area contributed by atoms with Crippen LogP contribution in [0.1, 0.15) is 36.0 Å². The first kappa shape index (κ1) is 27.0. The van der Waals surface area contributed by atoms with Crippen LogP contribution in [0.5, 0.6) is 11.5 Å². The van der Waals surface area contributed by atoms with Crippen LogP contribution in [0.25, 0.3) is 0 Å². The fraction of sp³-hybridized carbons (Fsp3) is 0.424. The SMILES string of the molecule is O=C(C[C@H]1CC[C@@H]2[C@H](COC[C@H](O)CN2Cc2ccc(Oc3ccccc3)cc2)O1)N1CCc2ccccc2C1. The molecule has 2 fully saturated rings. The van der Waals surface area contributed by atoms with E-state index in [4.69, 9.17) is 14.2 Å². The quantitative estimate of drug-likeness (QED) is 0.492. The Bertz CT molecular complexity index is 1270. The summed E-state index contributed by atoms with van der Waals surface area (Å²) in [7, 11) is 0. The lowest BCUT2D eigenvalue weighted by molar-refractivity contribution is -0.161. The standard InChI is InChI=1S/C33H38N2O5/c36-27-21-35(19-24-10-12-29(13-11-24)39-28-8-2-1-3-9-28)31-15-14-30(40-32(31)23-38-22-27)18-33(37)34-17-16-25-6-4-5-7-26(25)20-34/h1-13,27,30-32,36H,14-23H2/t27-,30-,31-,32+/m1/s1. The number of para-hydroxylation sites is 1. The van der Waals surface area contributed by atoms with Gasteiger partial charge in [0.05, 0.1) is 37.9 Å². The summed E-state index contributed by atoms with van der Waals surface area (Å²) in [5.74, 6) is 1.76. The number of aliphatic hydroxyl groups is 1. The number of hydrogen-bond acceptors (Lipinski definition) is 6. The molecule has 2 saturated heterocycles. The lowest BCUT2D eigenvalue weighted by atomic mass is 9.93. The fourth-order valence-electron chi connectivity index (χ4n) is 6.18. The van der Waals surface area contributed by atoms with Gasteiger partial charge in [-0.3, -0.25) is 9.69 Å². The molecule has 0 aromatic heterocycles. The summed E-state index contributed by atoms with van der Waals surface area (Å²) in [6.07, 6.45) is 2.21. The van der Waals surface area contributed by atoms with Gasteiger partial charge in [0.2, 0.25) is 5.91 Å². The van der Waals surface area contributed by atoms with Crippen molar-refractivity contribution in [3.8, 4) is 11.5 Å². The molecule has 3 aromatic rings. The molecule has 0 bridgehead atoms. The third-order valence-corrected chi connectivity index (χ3v) is 8.26. The van der Waals surface area contributed by atoms with Crippen LogP contribution in [0.15, 0.2) is 78.9 Å². The number of benzene rings is 3. The van der Waals surface area contributed by atoms with E-state index in [0.29, 0.717) is 32.7 Å². The van der Waals surface area contributed by atoms with E-state index in [-0.39, 0.29) is 30.8 Å². The zero-order valence-electron chi connectivity index (χ0n) is 22.9. The summed E-state index contributed by atoms with van der Waals surface area (Å²) < 4.78 is 18.3. The van der Waals surface area contributed by atoms with Gasteiger partial charge in [-0.25, -0.2) is 0 Å². The van der Waals surface area contributed by atoms with E-state index in [9.17, 15) is 9.90 Å². The monoisotopic (exact) mass is 542 g/mol. The van der Waals surface area contributed by atoms with Crippen LogP contribution in [0.3, 0.4) is 0 Å². The maximum atomic E-state index is 13.2. The maximum absolute atomic E-state index is 13.2. The number of amides is 1. The number of carbonyl (C=O) groups excluding carboxylic acids is 1. The van der Waals surface area contributed by atoms with Crippen LogP contribution in [0.4, 0.5) is 0 Å². The summed E-state index contributed by atoms with van der Waals surface area (Å²) in [6, 6.07) is 26.4. The highest BCUT2D eigenvalue weighted by Gasteiger charge is 2.38. The number of carbonyl (C=O) groups is 1. The highest BCUT2D eigenvalue weighted by Crippen LogP contribution is 2.30. The van der Waals surface area contributed by atoms with Gasteiger partial charge in [0.1, 0.15) is 11.5 Å². The molecule has 0 saturated carbocycles. The highest BCUT2D eigenvalue weighted by molar-refractivity contribution is 5.77. The normalized spacial score (nSPS) is 25.3. The summed E-state index contributed by atoms with van der Waals surface area (Å²) >= 11 is 0. The van der Waals surface area contributed by atoms with E-state index in [0.717, 1.165) is 42.9 Å². The minimum Gasteiger partial charge on any atom is -0.457 e. The Morgan fingerprint density at radius 2 is 1.65 bits per heavy atom. The molecule has 0 unspecified atom stereocenters. The molecule has 6 rings (SSSR count). The maximum Gasteiger partial charge on any atom is 0.225 e. The van der Waals surface area contributed by atoms with E-state index in [1.165, 1.54) is 11.1 Å². The molecule has 0 aliphatic carbocycles. The van der Waals surface area contributed by atoms with E-state index in [1.807, 2.05) is 53.4 Å². The second-order valence-corrected chi connectivity index (χ2v) is 11.2. The molecular weight excluding hydrogens is 504 g/mol. The van der Waals surface area contributed by atoms with Gasteiger partial charge in [-0.2, -0.15) is 0 Å². The van der Waals surface area contributed by atoms with Crippen molar-refractivity contribution in [1.82, 2.24) is 9.80 Å². The first-order chi connectivity index (χ1) is 19.6. The molecule has 40 heavy (non-hydrogen) atoms. The van der Waals surface area contributed by atoms with E-state index in [1.54, 1.807) is 0 Å². The number of ether oxygens (including phenoxy) is 3. The number of β-amino-alcohol motifs (C(OH)–C–C–N with tert-alkyl or cyclic N) is 1. The van der Waals surface area contributed by atoms with Gasteiger partial charge in [-0.15, -0.1) is 0 Å². The van der Waals surface area contributed by atoms with Crippen molar-refractivity contribution in [2.45, 2.75) is 63.1 Å². The van der Waals surface area contributed by atoms with Gasteiger partial charge < -0.3 is 24.2 Å². The molecule has 3 heterocycles. The fourth-order valence-corrected chi connectivity index (χ4v) is 6.18. The molecule has 3 aliphatic rings. The second-order valence-electron chi connectivity index (χ2n) is 11.2. The average Bonchev–Trinajstić information content (AvgIpc) is 2.97. The summed E-state index contributed by atoms with van der Waals surface area (Å²) in [6.45, 7) is 3.36. The molecule has 1 N–H and O–H groups in total. The Labute approximate surface area is 236 Å². The Balaban J connectivity index is 1.07. The van der Waals surface area contributed by atoms with Crippen molar-refractivity contribution in [3.63, 3.8) is 0 Å². The van der Waals surface area contributed by atoms with E-state index >= 15 is 0 Å². The van der Waals surface area contributed by atoms with Crippen LogP contribution >= 0.6 is 0 Å². The predicted octanol–water partition coefficient (Wildman–Crippen LogP) is 4.56. The topological polar surface area (TPSA) is 71.5 Å². The molecule has 4 atom stereocenters. The van der Waals surface area contributed by atoms with Crippen molar-refractivity contribution < 1.29 is 24.1 Å². The van der Waals surface area contributed by atoms with Gasteiger partial charge in [-0.1, -0.05) is 54.6 Å². The first-order valence-corrected chi connectivity index (χ1v) is 14.4. The van der Waals surface area contributed by atoms with Gasteiger partial charge in [0.15, 0.2) is 0 Å². The minimum atomic E-state index is -0.553. The summed E-state index contributed by atoms with van der Waals surface area (Å²) in [4.78, 5) is 17.5. The summed E-state index contributed by atoms with van der Waals surface area (Å²) in [5, 5.41) is 10.6. The average molecular weight is 543 g/mol. The van der Waals surface area contributed by atoms with Crippen LogP contribution in [-0.4, -0.2) is 71.5 Å². The number of fused-ring (bicyclic) bond motifs is 2. The Morgan fingerprint density at radius 3 is 2.48 bits per heavy atom. The zero-order valence-corrected chi connectivity index (χ0v) is 22.9. The second kappa shape index (κ2) is 12.5. The highest BCUT2D eigenvalue weighted by atomic mass is 16.5. The molecule has 0 spiro atoms. The Hall–Kier alpha value is -3.23. The lowest BCUT2D eigenvalue weighted by Gasteiger charge is -2.44. The van der Waals surface area contributed by atoms with E-state index in [2.05, 4.69) is 35.2 Å². The molecule has 3 aromatic carbocycles. The minimum absolute atomic E-state index is 0.114. The number of rotatable bonds is 6.